The summed E-state index contributed by atoms with van der Waals surface area (Å²) in [6, 6.07) is 15.5. The van der Waals surface area contributed by atoms with Crippen LogP contribution < -0.4 is 19.5 Å². The lowest BCUT2D eigenvalue weighted by atomic mass is 9.85. The summed E-state index contributed by atoms with van der Waals surface area (Å²) in [5, 5.41) is 3.73. The van der Waals surface area contributed by atoms with Crippen LogP contribution in [0.4, 0.5) is 0 Å². The van der Waals surface area contributed by atoms with E-state index in [1.165, 1.54) is 32.1 Å². The van der Waals surface area contributed by atoms with Crippen LogP contribution in [0.25, 0.3) is 6.08 Å². The zero-order chi connectivity index (χ0) is 30.6. The zero-order valence-corrected chi connectivity index (χ0v) is 27.0. The molecule has 0 bridgehead atoms. The number of benzene rings is 2. The van der Waals surface area contributed by atoms with Crippen molar-refractivity contribution in [2.24, 2.45) is 5.92 Å². The van der Waals surface area contributed by atoms with E-state index < -0.39 is 5.79 Å². The van der Waals surface area contributed by atoms with Crippen molar-refractivity contribution < 1.29 is 19.0 Å². The van der Waals surface area contributed by atoms with Crippen molar-refractivity contribution in [3.8, 4) is 17.2 Å². The van der Waals surface area contributed by atoms with Crippen LogP contribution in [0.2, 0.25) is 0 Å². The molecule has 3 aliphatic rings. The maximum atomic E-state index is 14.4. The highest BCUT2D eigenvalue weighted by molar-refractivity contribution is 5.98. The molecule has 2 heterocycles. The quantitative estimate of drug-likeness (QED) is 0.312. The Balaban J connectivity index is 1.34. The van der Waals surface area contributed by atoms with E-state index in [-0.39, 0.29) is 5.91 Å². The van der Waals surface area contributed by atoms with Crippen LogP contribution in [0.1, 0.15) is 89.1 Å². The third-order valence-electron chi connectivity index (χ3n) is 8.99. The number of rotatable bonds is 11. The van der Waals surface area contributed by atoms with Crippen LogP contribution in [0.5, 0.6) is 17.2 Å². The summed E-state index contributed by atoms with van der Waals surface area (Å²) in [5.74, 6) is 1.43. The maximum Gasteiger partial charge on any atom is 0.258 e. The van der Waals surface area contributed by atoms with Gasteiger partial charge in [-0.15, -0.1) is 0 Å². The molecule has 5 rings (SSSR count). The zero-order valence-electron chi connectivity index (χ0n) is 27.0. The van der Waals surface area contributed by atoms with E-state index >= 15 is 0 Å². The van der Waals surface area contributed by atoms with E-state index in [9.17, 15) is 4.79 Å². The minimum absolute atomic E-state index is 0.0408. The van der Waals surface area contributed by atoms with Gasteiger partial charge in [-0.2, -0.15) is 0 Å². The van der Waals surface area contributed by atoms with E-state index in [0.717, 1.165) is 36.6 Å². The van der Waals surface area contributed by atoms with Crippen LogP contribution in [0, 0.1) is 5.92 Å². The number of nitrogens with one attached hydrogen (secondary N) is 1. The van der Waals surface area contributed by atoms with Gasteiger partial charge in [0.05, 0.1) is 12.7 Å². The fourth-order valence-corrected chi connectivity index (χ4v) is 7.11. The first-order valence-electron chi connectivity index (χ1n) is 16.2. The van der Waals surface area contributed by atoms with Gasteiger partial charge in [0.25, 0.3) is 5.91 Å². The van der Waals surface area contributed by atoms with Crippen molar-refractivity contribution in [3.05, 3.63) is 59.2 Å². The maximum absolute atomic E-state index is 14.4. The molecule has 1 atom stereocenters. The molecule has 2 aromatic carbocycles. The molecule has 7 nitrogen and oxygen atoms in total. The molecule has 0 unspecified atom stereocenters. The van der Waals surface area contributed by atoms with Gasteiger partial charge in [-0.1, -0.05) is 55.8 Å². The smallest absolute Gasteiger partial charge is 0.258 e. The minimum atomic E-state index is -0.805. The molecule has 43 heavy (non-hydrogen) atoms. The van der Waals surface area contributed by atoms with E-state index in [1.807, 2.05) is 49.1 Å². The fourth-order valence-electron chi connectivity index (χ4n) is 7.11. The van der Waals surface area contributed by atoms with Crippen LogP contribution in [0.3, 0.4) is 0 Å². The molecular weight excluding hydrogens is 538 g/mol. The van der Waals surface area contributed by atoms with Crippen LogP contribution in [-0.2, 0) is 0 Å². The van der Waals surface area contributed by atoms with Gasteiger partial charge in [0.15, 0.2) is 11.5 Å². The van der Waals surface area contributed by atoms with Gasteiger partial charge >= 0.3 is 0 Å². The Kier molecular flexibility index (Phi) is 10.0. The molecule has 0 aromatic heterocycles. The Hall–Kier alpha value is -3.03. The van der Waals surface area contributed by atoms with Gasteiger partial charge in [-0.3, -0.25) is 9.69 Å². The normalized spacial score (nSPS) is 23.5. The second-order valence-electron chi connectivity index (χ2n) is 13.5. The Morgan fingerprint density at radius 3 is 2.53 bits per heavy atom. The summed E-state index contributed by atoms with van der Waals surface area (Å²) in [6.07, 6.45) is 9.54. The molecule has 2 aliphatic heterocycles. The number of fused-ring (bicyclic) bond motifs is 1. The Morgan fingerprint density at radius 2 is 1.84 bits per heavy atom. The van der Waals surface area contributed by atoms with Crippen molar-refractivity contribution in [1.82, 2.24) is 15.1 Å². The third-order valence-corrected chi connectivity index (χ3v) is 8.99. The van der Waals surface area contributed by atoms with Crippen molar-refractivity contribution in [1.29, 1.82) is 0 Å². The molecule has 2 fully saturated rings. The molecule has 1 N–H and O–H groups in total. The lowest BCUT2D eigenvalue weighted by Crippen LogP contribution is -2.46. The van der Waals surface area contributed by atoms with Crippen molar-refractivity contribution >= 4 is 12.0 Å². The third kappa shape index (κ3) is 7.93. The topological polar surface area (TPSA) is 63.3 Å². The van der Waals surface area contributed by atoms with Gasteiger partial charge in [-0.05, 0) is 75.6 Å². The number of ether oxygens (including phenoxy) is 3. The van der Waals surface area contributed by atoms with E-state index in [1.54, 1.807) is 7.11 Å². The highest BCUT2D eigenvalue weighted by Gasteiger charge is 2.38. The summed E-state index contributed by atoms with van der Waals surface area (Å²) in [7, 11) is 1.59. The number of methoxy groups -OCH3 is 1. The summed E-state index contributed by atoms with van der Waals surface area (Å²) >= 11 is 0. The Labute approximate surface area is 258 Å². The second kappa shape index (κ2) is 13.7. The molecule has 7 heteroatoms. The van der Waals surface area contributed by atoms with E-state index in [2.05, 4.69) is 49.2 Å². The molecule has 0 radical (unpaired) electrons. The van der Waals surface area contributed by atoms with Gasteiger partial charge in [0.2, 0.25) is 11.5 Å². The number of carbonyl (C=O) groups excluding carboxylic acids is 1. The number of nitrogens with zero attached hydrogens (tertiary/aromatic N) is 2. The number of amides is 1. The Morgan fingerprint density at radius 1 is 1.09 bits per heavy atom. The van der Waals surface area contributed by atoms with Crippen molar-refractivity contribution in [3.63, 3.8) is 0 Å². The first-order valence-corrected chi connectivity index (χ1v) is 16.2. The predicted octanol–water partition coefficient (Wildman–Crippen LogP) is 6.77. The van der Waals surface area contributed by atoms with Gasteiger partial charge in [-0.25, -0.2) is 0 Å². The minimum Gasteiger partial charge on any atom is -0.492 e. The van der Waals surface area contributed by atoms with E-state index in [4.69, 9.17) is 14.2 Å². The number of carbonyl (C=O) groups is 1. The van der Waals surface area contributed by atoms with Crippen molar-refractivity contribution in [2.45, 2.75) is 97.1 Å². The molecule has 1 saturated carbocycles. The lowest BCUT2D eigenvalue weighted by Gasteiger charge is -2.36. The molecule has 1 saturated heterocycles. The second-order valence-corrected chi connectivity index (χ2v) is 13.5. The average Bonchev–Trinajstić information content (AvgIpc) is 3.54. The molecule has 1 amide bonds. The standard InChI is InChI=1S/C36H51N3O4/c1-25(2)37-29-16-14-28(15-17-29)23-38-20-10-13-30(38)24-39(22-26(3)21-27-11-8-7-9-12-27)35(40)31-18-19-32-34(33(31)41-6)43-36(4,5)42-32/h7-9,11-12,18-19,21,25,28-30,37H,10,13-17,20,22-24H2,1-6H3/t28?,29?,30-/m0/s1. The van der Waals surface area contributed by atoms with Crippen LogP contribution in [0.15, 0.2) is 48.0 Å². The van der Waals surface area contributed by atoms with Crippen LogP contribution in [-0.4, -0.2) is 72.9 Å². The summed E-state index contributed by atoms with van der Waals surface area (Å²) < 4.78 is 17.8. The Bertz CT molecular complexity index is 1270. The molecular formula is C36H51N3O4. The first kappa shape index (κ1) is 31.4. The predicted molar refractivity (Wildman–Crippen MR) is 173 cm³/mol. The number of hydrogen-bond acceptors (Lipinski definition) is 6. The first-order chi connectivity index (χ1) is 20.6. The van der Waals surface area contributed by atoms with Crippen LogP contribution >= 0.6 is 0 Å². The average molecular weight is 590 g/mol. The number of likely N-dealkylation sites (tertiary alicyclic amines) is 1. The lowest BCUT2D eigenvalue weighted by molar-refractivity contribution is -0.0439. The van der Waals surface area contributed by atoms with Gasteiger partial charge in [0, 0.05) is 51.6 Å². The van der Waals surface area contributed by atoms with Crippen molar-refractivity contribution in [2.75, 3.05) is 33.3 Å². The van der Waals surface area contributed by atoms with Gasteiger partial charge < -0.3 is 24.4 Å². The fraction of sp³-hybridized carbons (Fsp3) is 0.583. The molecule has 1 aliphatic carbocycles. The molecule has 234 valence electrons. The van der Waals surface area contributed by atoms with E-state index in [0.29, 0.717) is 54.0 Å². The highest BCUT2D eigenvalue weighted by atomic mass is 16.7. The summed E-state index contributed by atoms with van der Waals surface area (Å²) in [5.41, 5.74) is 2.79. The SMILES string of the molecule is COc1c(C(=O)N(CC(C)=Cc2ccccc2)C[C@@H]2CCCN2CC2CCC(NC(C)C)CC2)ccc2c1OC(C)(C)O2. The molecule has 0 spiro atoms. The van der Waals surface area contributed by atoms with Gasteiger partial charge in [0.1, 0.15) is 0 Å². The molecule has 2 aromatic rings. The summed E-state index contributed by atoms with van der Waals surface area (Å²) in [6.45, 7) is 13.8. The number of hydrogen-bond donors (Lipinski definition) is 1. The summed E-state index contributed by atoms with van der Waals surface area (Å²) in [4.78, 5) is 19.1. The monoisotopic (exact) mass is 589 g/mol. The highest BCUT2D eigenvalue weighted by Crippen LogP contribution is 2.48. The largest absolute Gasteiger partial charge is 0.492 e.